The minimum atomic E-state index is -4.55. The first-order valence-corrected chi connectivity index (χ1v) is 15.9. The highest BCUT2D eigenvalue weighted by Crippen LogP contribution is 2.43. The summed E-state index contributed by atoms with van der Waals surface area (Å²) >= 11 is 1.33. The molecule has 8 heteroatoms. The van der Waals surface area contributed by atoms with E-state index in [1.165, 1.54) is 28.0 Å². The number of fused-ring (bicyclic) bond motifs is 1. The minimum Gasteiger partial charge on any atom is -0.462 e. The number of benzene rings is 3. The lowest BCUT2D eigenvalue weighted by atomic mass is 9.75. The number of hydroxylamine groups is 2. The van der Waals surface area contributed by atoms with Gasteiger partial charge in [0, 0.05) is 35.2 Å². The summed E-state index contributed by atoms with van der Waals surface area (Å²) in [4.78, 5) is 19.6. The van der Waals surface area contributed by atoms with E-state index in [1.807, 2.05) is 49.4 Å². The Bertz CT molecular complexity index is 1490. The molecule has 1 heterocycles. The molecule has 1 aromatic heterocycles. The van der Waals surface area contributed by atoms with Crippen LogP contribution in [-0.2, 0) is 22.1 Å². The number of alkyl halides is 3. The molecule has 3 aromatic carbocycles. The molecular formula is C36H42F3NO3S. The molecule has 0 aliphatic carbocycles. The summed E-state index contributed by atoms with van der Waals surface area (Å²) in [6.07, 6.45) is -2.87. The zero-order valence-electron chi connectivity index (χ0n) is 26.3. The fourth-order valence-corrected chi connectivity index (χ4v) is 6.48. The van der Waals surface area contributed by atoms with Gasteiger partial charge in [-0.25, -0.2) is 0 Å². The monoisotopic (exact) mass is 625 g/mol. The fourth-order valence-electron chi connectivity index (χ4n) is 5.38. The summed E-state index contributed by atoms with van der Waals surface area (Å²) in [6.45, 7) is 10.5. The van der Waals surface area contributed by atoms with Crippen molar-refractivity contribution in [3.8, 4) is 16.2 Å². The van der Waals surface area contributed by atoms with Gasteiger partial charge in [0.2, 0.25) is 0 Å². The van der Waals surface area contributed by atoms with Crippen LogP contribution in [0.3, 0.4) is 0 Å². The molecule has 0 N–H and O–H groups in total. The lowest BCUT2D eigenvalue weighted by Crippen LogP contribution is -2.35. The topological polar surface area (TPSA) is 38.8 Å². The molecule has 0 saturated heterocycles. The number of esters is 1. The molecule has 236 valence electrons. The van der Waals surface area contributed by atoms with Crippen molar-refractivity contribution in [1.82, 2.24) is 5.06 Å². The predicted octanol–water partition coefficient (Wildman–Crippen LogP) is 10.1. The van der Waals surface area contributed by atoms with E-state index in [4.69, 9.17) is 9.57 Å². The highest BCUT2D eigenvalue weighted by atomic mass is 32.1. The minimum absolute atomic E-state index is 0.0922. The van der Waals surface area contributed by atoms with Crippen LogP contribution in [0.1, 0.15) is 58.6 Å². The van der Waals surface area contributed by atoms with Crippen molar-refractivity contribution in [2.45, 2.75) is 66.2 Å². The number of halogens is 3. The molecule has 3 atom stereocenters. The van der Waals surface area contributed by atoms with E-state index in [0.717, 1.165) is 22.6 Å². The number of carbonyl (C=O) groups excluding carboxylic acids is 1. The van der Waals surface area contributed by atoms with Crippen molar-refractivity contribution in [3.05, 3.63) is 90.0 Å². The maximum Gasteiger partial charge on any atom is 0.417 e. The zero-order chi connectivity index (χ0) is 32.1. The van der Waals surface area contributed by atoms with Gasteiger partial charge in [0.05, 0.1) is 11.5 Å². The average Bonchev–Trinajstić information content (AvgIpc) is 3.38. The molecular weight excluding hydrogens is 583 g/mol. The molecule has 4 nitrogen and oxygen atoms in total. The SMILES string of the molecule is CC(Cc1ccccc1)CC(C(=O)OC(C)CCN(C)Oc1ccc(-c2cc3ccccc3s2)c(C(F)(F)F)c1)C(C)(C)C. The fraction of sp³-hybridized carbons (Fsp3) is 0.417. The zero-order valence-corrected chi connectivity index (χ0v) is 27.1. The van der Waals surface area contributed by atoms with Gasteiger partial charge in [0.1, 0.15) is 11.9 Å². The largest absolute Gasteiger partial charge is 0.462 e. The van der Waals surface area contributed by atoms with Crippen molar-refractivity contribution < 1.29 is 27.5 Å². The molecule has 0 amide bonds. The van der Waals surface area contributed by atoms with E-state index in [9.17, 15) is 18.0 Å². The Hall–Kier alpha value is -3.36. The van der Waals surface area contributed by atoms with Crippen LogP contribution in [0, 0.1) is 17.3 Å². The molecule has 4 rings (SSSR count). The first-order chi connectivity index (χ1) is 20.7. The highest BCUT2D eigenvalue weighted by molar-refractivity contribution is 7.22. The summed E-state index contributed by atoms with van der Waals surface area (Å²) in [5.41, 5.74) is 0.363. The number of hydrogen-bond donors (Lipinski definition) is 0. The highest BCUT2D eigenvalue weighted by Gasteiger charge is 2.36. The lowest BCUT2D eigenvalue weighted by molar-refractivity contribution is -0.159. The third kappa shape index (κ3) is 9.08. The van der Waals surface area contributed by atoms with Gasteiger partial charge in [0.15, 0.2) is 0 Å². The Morgan fingerprint density at radius 2 is 1.61 bits per heavy atom. The van der Waals surface area contributed by atoms with Crippen LogP contribution < -0.4 is 4.84 Å². The van der Waals surface area contributed by atoms with E-state index in [2.05, 4.69) is 39.8 Å². The van der Waals surface area contributed by atoms with Crippen molar-refractivity contribution >= 4 is 27.4 Å². The van der Waals surface area contributed by atoms with Gasteiger partial charge in [-0.1, -0.05) is 76.2 Å². The van der Waals surface area contributed by atoms with Gasteiger partial charge in [-0.05, 0) is 72.4 Å². The summed E-state index contributed by atoms with van der Waals surface area (Å²) in [7, 11) is 1.66. The number of thiophene rings is 1. The molecule has 3 unspecified atom stereocenters. The standard InChI is InChI=1S/C36H42F3NO3S/c1-24(20-26-12-8-7-9-13-26)21-31(35(3,4)5)34(41)42-25(2)18-19-40(6)43-28-16-17-29(30(23-28)36(37,38)39)33-22-27-14-10-11-15-32(27)44-33/h7-17,22-25,31H,18-21H2,1-6H3. The maximum atomic E-state index is 14.1. The van der Waals surface area contributed by atoms with Gasteiger partial charge in [-0.15, -0.1) is 16.4 Å². The van der Waals surface area contributed by atoms with Crippen LogP contribution in [0.15, 0.2) is 78.9 Å². The Morgan fingerprint density at radius 3 is 2.27 bits per heavy atom. The van der Waals surface area contributed by atoms with E-state index in [0.29, 0.717) is 30.2 Å². The summed E-state index contributed by atoms with van der Waals surface area (Å²) in [5.74, 6) is -0.0941. The van der Waals surface area contributed by atoms with E-state index < -0.39 is 11.7 Å². The molecule has 44 heavy (non-hydrogen) atoms. The molecule has 4 aromatic rings. The molecule has 0 saturated carbocycles. The van der Waals surface area contributed by atoms with Crippen molar-refractivity contribution in [1.29, 1.82) is 0 Å². The number of hydrogen-bond acceptors (Lipinski definition) is 5. The van der Waals surface area contributed by atoms with Crippen LogP contribution in [0.5, 0.6) is 5.75 Å². The van der Waals surface area contributed by atoms with Crippen LogP contribution >= 0.6 is 11.3 Å². The second-order valence-electron chi connectivity index (χ2n) is 12.8. The normalized spacial score (nSPS) is 14.4. The van der Waals surface area contributed by atoms with Gasteiger partial charge >= 0.3 is 12.1 Å². The number of rotatable bonds is 12. The van der Waals surface area contributed by atoms with Crippen LogP contribution in [0.4, 0.5) is 13.2 Å². The van der Waals surface area contributed by atoms with Crippen molar-refractivity contribution in [2.24, 2.45) is 17.3 Å². The predicted molar refractivity (Wildman–Crippen MR) is 173 cm³/mol. The van der Waals surface area contributed by atoms with E-state index in [1.54, 1.807) is 19.2 Å². The third-order valence-electron chi connectivity index (χ3n) is 7.81. The number of nitrogens with zero attached hydrogens (tertiary/aromatic N) is 1. The third-order valence-corrected chi connectivity index (χ3v) is 8.96. The molecule has 0 bridgehead atoms. The summed E-state index contributed by atoms with van der Waals surface area (Å²) < 4.78 is 49.1. The molecule has 0 fully saturated rings. The van der Waals surface area contributed by atoms with Crippen molar-refractivity contribution in [2.75, 3.05) is 13.6 Å². The van der Waals surface area contributed by atoms with Gasteiger partial charge < -0.3 is 9.57 Å². The van der Waals surface area contributed by atoms with Crippen molar-refractivity contribution in [3.63, 3.8) is 0 Å². The summed E-state index contributed by atoms with van der Waals surface area (Å²) in [6, 6.07) is 23.6. The smallest absolute Gasteiger partial charge is 0.417 e. The molecule has 0 radical (unpaired) electrons. The Morgan fingerprint density at radius 1 is 0.932 bits per heavy atom. The first-order valence-electron chi connectivity index (χ1n) is 15.0. The Kier molecular flexibility index (Phi) is 10.8. The van der Waals surface area contributed by atoms with Gasteiger partial charge in [0.25, 0.3) is 0 Å². The number of carbonyl (C=O) groups is 1. The molecule has 0 aliphatic rings. The molecule has 0 aliphatic heterocycles. The second kappa shape index (κ2) is 14.2. The maximum absolute atomic E-state index is 14.1. The Labute approximate surface area is 262 Å². The summed E-state index contributed by atoms with van der Waals surface area (Å²) in [5, 5.41) is 2.38. The average molecular weight is 626 g/mol. The van der Waals surface area contributed by atoms with Gasteiger partial charge in [-0.3, -0.25) is 4.79 Å². The van der Waals surface area contributed by atoms with E-state index in [-0.39, 0.29) is 34.7 Å². The molecule has 0 spiro atoms. The van der Waals surface area contributed by atoms with E-state index >= 15 is 0 Å². The van der Waals surface area contributed by atoms with Crippen LogP contribution in [-0.4, -0.2) is 30.7 Å². The quantitative estimate of drug-likeness (QED) is 0.116. The lowest BCUT2D eigenvalue weighted by Gasteiger charge is -2.32. The van der Waals surface area contributed by atoms with Gasteiger partial charge in [-0.2, -0.15) is 13.2 Å². The first kappa shape index (κ1) is 33.5. The second-order valence-corrected chi connectivity index (χ2v) is 13.9. The van der Waals surface area contributed by atoms with Crippen LogP contribution in [0.2, 0.25) is 0 Å². The Balaban J connectivity index is 1.34. The van der Waals surface area contributed by atoms with Crippen LogP contribution in [0.25, 0.3) is 20.5 Å². The number of ether oxygens (including phenoxy) is 1.